The topological polar surface area (TPSA) is 77.8 Å². The minimum Gasteiger partial charge on any atom is -1.00 e. The molecular weight excluding hydrogens is 296 g/mol. The molecule has 1 radical (unpaired) electrons. The van der Waals surface area contributed by atoms with Crippen LogP contribution in [-0.2, 0) is 38.7 Å². The van der Waals surface area contributed by atoms with Crippen molar-refractivity contribution in [1.82, 2.24) is 0 Å². The average molecular weight is 305 g/mol. The van der Waals surface area contributed by atoms with Gasteiger partial charge in [-0.25, -0.2) is 4.57 Å². The quantitative estimate of drug-likeness (QED) is 0.309. The summed E-state index contributed by atoms with van der Waals surface area (Å²) in [4.78, 5) is 21.6. The van der Waals surface area contributed by atoms with E-state index < -0.39 is 7.82 Å². The Morgan fingerprint density at radius 2 is 1.20 bits per heavy atom. The van der Waals surface area contributed by atoms with Crippen molar-refractivity contribution in [3.05, 3.63) is 0 Å². The van der Waals surface area contributed by atoms with E-state index in [-0.39, 0.29) is 123 Å². The summed E-state index contributed by atoms with van der Waals surface area (Å²) < 4.78 is 8.88. The maximum Gasteiger partial charge on any atom is 2.00 e. The Bertz CT molecular complexity index is 81.5. The van der Waals surface area contributed by atoms with Gasteiger partial charge < -0.3 is 19.0 Å². The first-order valence-corrected chi connectivity index (χ1v) is 2.35. The SMILES string of the molecule is O=P(O)(O)O.[AlH3].[Ca+2].[Fe].[H-].[H-].[H-].[Mn].[Na+]. The van der Waals surface area contributed by atoms with Crippen LogP contribution in [0.4, 0.5) is 0 Å². The van der Waals surface area contributed by atoms with Gasteiger partial charge in [0.15, 0.2) is 17.4 Å². The molecule has 0 saturated carbocycles. The zero-order valence-corrected chi connectivity index (χ0v) is 12.0. The summed E-state index contributed by atoms with van der Waals surface area (Å²) in [5, 5.41) is 0. The van der Waals surface area contributed by atoms with Crippen molar-refractivity contribution in [3.8, 4) is 0 Å². The first-order valence-electron chi connectivity index (χ1n) is 0.783. The summed E-state index contributed by atoms with van der Waals surface area (Å²) in [6.07, 6.45) is 0. The molecule has 10 heavy (non-hydrogen) atoms. The molecular formula is H9AlCaFeMnNaO4P. The van der Waals surface area contributed by atoms with Gasteiger partial charge in [-0.15, -0.1) is 0 Å². The normalized spacial score (nSPS) is 5.90. The van der Waals surface area contributed by atoms with Gasteiger partial charge in [0.1, 0.15) is 0 Å². The average Bonchev–Trinajstić information content (AvgIpc) is 0.722. The van der Waals surface area contributed by atoms with Crippen LogP contribution in [0.5, 0.6) is 0 Å². The van der Waals surface area contributed by atoms with Crippen LogP contribution in [0.25, 0.3) is 0 Å². The fourth-order valence-corrected chi connectivity index (χ4v) is 0. The molecule has 0 aromatic carbocycles. The molecule has 0 aromatic rings. The fraction of sp³-hybridized carbons (Fsp3) is 0. The number of hydrogen-bond acceptors (Lipinski definition) is 1. The van der Waals surface area contributed by atoms with Crippen LogP contribution in [-0.4, -0.2) is 69.8 Å². The molecule has 0 aliphatic carbocycles. The molecule has 0 aliphatic rings. The number of rotatable bonds is 0. The molecule has 0 bridgehead atoms. The summed E-state index contributed by atoms with van der Waals surface area (Å²) in [5.74, 6) is 0. The van der Waals surface area contributed by atoms with Gasteiger partial charge >= 0.3 is 75.1 Å². The second kappa shape index (κ2) is 18.7. The van der Waals surface area contributed by atoms with Crippen molar-refractivity contribution in [2.45, 2.75) is 0 Å². The van der Waals surface area contributed by atoms with Crippen molar-refractivity contribution in [1.29, 1.82) is 0 Å². The Morgan fingerprint density at radius 1 is 1.20 bits per heavy atom. The molecule has 59 valence electrons. The van der Waals surface area contributed by atoms with Crippen LogP contribution in [0, 0.1) is 0 Å². The Kier molecular flexibility index (Phi) is 69.1. The predicted octanol–water partition coefficient (Wildman–Crippen LogP) is -5.16. The minimum atomic E-state index is -4.64. The van der Waals surface area contributed by atoms with Gasteiger partial charge in [0.2, 0.25) is 0 Å². The third kappa shape index (κ3) is 92.0. The van der Waals surface area contributed by atoms with E-state index in [0.29, 0.717) is 0 Å². The summed E-state index contributed by atoms with van der Waals surface area (Å²) >= 11 is 0. The molecule has 0 heterocycles. The fourth-order valence-electron chi connectivity index (χ4n) is 0. The van der Waals surface area contributed by atoms with Crippen LogP contribution in [0.2, 0.25) is 0 Å². The second-order valence-electron chi connectivity index (χ2n) is 0.513. The Balaban J connectivity index is -0.00000000286. The third-order valence-electron chi connectivity index (χ3n) is 0. The third-order valence-corrected chi connectivity index (χ3v) is 0. The van der Waals surface area contributed by atoms with Crippen molar-refractivity contribution in [3.63, 3.8) is 0 Å². The zero-order valence-electron chi connectivity index (χ0n) is 7.64. The van der Waals surface area contributed by atoms with Gasteiger partial charge in [-0.05, 0) is 0 Å². The largest absolute Gasteiger partial charge is 2.00 e. The molecule has 10 heteroatoms. The van der Waals surface area contributed by atoms with Crippen molar-refractivity contribution in [2.75, 3.05) is 0 Å². The van der Waals surface area contributed by atoms with Crippen LogP contribution < -0.4 is 29.6 Å². The molecule has 0 spiro atoms. The molecule has 0 aromatic heterocycles. The number of hydrogen-bond donors (Lipinski definition) is 3. The summed E-state index contributed by atoms with van der Waals surface area (Å²) in [5.41, 5.74) is 0. The van der Waals surface area contributed by atoms with Gasteiger partial charge in [0.05, 0.1) is 0 Å². The van der Waals surface area contributed by atoms with E-state index in [9.17, 15) is 0 Å². The molecule has 0 amide bonds. The molecule has 0 rings (SSSR count). The summed E-state index contributed by atoms with van der Waals surface area (Å²) in [7, 11) is -4.64. The molecule has 0 atom stereocenters. The maximum absolute atomic E-state index is 8.88. The van der Waals surface area contributed by atoms with E-state index in [2.05, 4.69) is 0 Å². The minimum absolute atomic E-state index is 0. The second-order valence-corrected chi connectivity index (χ2v) is 1.54. The molecule has 4 nitrogen and oxygen atoms in total. The molecule has 0 unspecified atom stereocenters. The standard InChI is InChI=1S/Al.Ca.Fe.Mn.Na.H3O4P.6H/c;;;;;1-5(2,3)4;;;;;;/h;;;;;(H3,1,2,3,4);;;;;;/q;+2;;;+1;;;;;3*-1. The van der Waals surface area contributed by atoms with Gasteiger partial charge in [0, 0.05) is 34.1 Å². The van der Waals surface area contributed by atoms with Crippen molar-refractivity contribution in [2.24, 2.45) is 0 Å². The van der Waals surface area contributed by atoms with Crippen molar-refractivity contribution < 1.29 is 87.2 Å². The molecule has 0 aliphatic heterocycles. The summed E-state index contributed by atoms with van der Waals surface area (Å²) in [6, 6.07) is 0. The van der Waals surface area contributed by atoms with E-state index in [1.807, 2.05) is 0 Å². The smallest absolute Gasteiger partial charge is 1.00 e. The van der Waals surface area contributed by atoms with E-state index in [0.717, 1.165) is 0 Å². The van der Waals surface area contributed by atoms with Gasteiger partial charge in [0.25, 0.3) is 0 Å². The van der Waals surface area contributed by atoms with Crippen LogP contribution >= 0.6 is 7.82 Å². The van der Waals surface area contributed by atoms with E-state index >= 15 is 0 Å². The number of phosphoric acid groups is 1. The van der Waals surface area contributed by atoms with Crippen LogP contribution in [0.15, 0.2) is 0 Å². The first kappa shape index (κ1) is 37.0. The van der Waals surface area contributed by atoms with Gasteiger partial charge in [-0.3, -0.25) is 0 Å². The predicted molar refractivity (Wildman–Crippen MR) is 33.3 cm³/mol. The van der Waals surface area contributed by atoms with Gasteiger partial charge in [-0.1, -0.05) is 0 Å². The van der Waals surface area contributed by atoms with E-state index in [4.69, 9.17) is 19.2 Å². The molecule has 3 N–H and O–H groups in total. The van der Waals surface area contributed by atoms with Gasteiger partial charge in [-0.2, -0.15) is 0 Å². The van der Waals surface area contributed by atoms with Crippen LogP contribution in [0.1, 0.15) is 4.28 Å². The van der Waals surface area contributed by atoms with E-state index in [1.54, 1.807) is 0 Å². The Labute approximate surface area is 147 Å². The first-order chi connectivity index (χ1) is 2.00. The summed E-state index contributed by atoms with van der Waals surface area (Å²) in [6.45, 7) is 0. The molecule has 0 saturated heterocycles. The van der Waals surface area contributed by atoms with Crippen molar-refractivity contribution >= 4 is 62.9 Å². The van der Waals surface area contributed by atoms with Crippen LogP contribution in [0.3, 0.4) is 0 Å². The molecule has 0 fully saturated rings. The zero-order chi connectivity index (χ0) is 4.50. The Hall–Kier alpha value is 3.94. The Morgan fingerprint density at radius 3 is 1.20 bits per heavy atom. The monoisotopic (exact) mass is 305 g/mol. The maximum atomic E-state index is 8.88. The van der Waals surface area contributed by atoms with E-state index in [1.165, 1.54) is 0 Å².